The highest BCUT2D eigenvalue weighted by atomic mass is 32.1. The number of nitrogens with zero attached hydrogens (tertiary/aromatic N) is 1. The molecule has 0 unspecified atom stereocenters. The van der Waals surface area contributed by atoms with Crippen LogP contribution in [0.25, 0.3) is 0 Å². The van der Waals surface area contributed by atoms with E-state index in [2.05, 4.69) is 17.9 Å². The van der Waals surface area contributed by atoms with Gasteiger partial charge in [-0.15, -0.1) is 0 Å². The van der Waals surface area contributed by atoms with Gasteiger partial charge in [0, 0.05) is 26.2 Å². The molecule has 0 saturated carbocycles. The van der Waals surface area contributed by atoms with E-state index in [0.29, 0.717) is 0 Å². The first-order valence-corrected chi connectivity index (χ1v) is 4.69. The van der Waals surface area contributed by atoms with Gasteiger partial charge in [-0.05, 0) is 13.8 Å². The van der Waals surface area contributed by atoms with Crippen molar-refractivity contribution in [3.05, 3.63) is 0 Å². The summed E-state index contributed by atoms with van der Waals surface area (Å²) in [6.45, 7) is 7.08. The van der Waals surface area contributed by atoms with Crippen LogP contribution in [0, 0.1) is 0 Å². The van der Waals surface area contributed by atoms with Gasteiger partial charge in [-0.2, -0.15) is 12.6 Å². The van der Waals surface area contributed by atoms with Crippen LogP contribution >= 0.6 is 12.6 Å². The van der Waals surface area contributed by atoms with E-state index in [1.165, 1.54) is 0 Å². The maximum absolute atomic E-state index is 11.6. The van der Waals surface area contributed by atoms with Gasteiger partial charge in [0.25, 0.3) is 0 Å². The maximum Gasteiger partial charge on any atom is 0.238 e. The average molecular weight is 188 g/mol. The van der Waals surface area contributed by atoms with Crippen molar-refractivity contribution in [2.24, 2.45) is 0 Å². The lowest BCUT2D eigenvalue weighted by Gasteiger charge is -2.32. The third-order valence-corrected chi connectivity index (χ3v) is 2.12. The molecule has 1 heterocycles. The van der Waals surface area contributed by atoms with E-state index < -0.39 is 4.75 Å². The molecule has 1 aliphatic rings. The van der Waals surface area contributed by atoms with Crippen LogP contribution in [0.5, 0.6) is 0 Å². The van der Waals surface area contributed by atoms with Crippen LogP contribution < -0.4 is 5.32 Å². The lowest BCUT2D eigenvalue weighted by atomic mass is 10.1. The highest BCUT2D eigenvalue weighted by molar-refractivity contribution is 7.82. The SMILES string of the molecule is CC(C)(S)C(=O)N1CCNCC1. The summed E-state index contributed by atoms with van der Waals surface area (Å²) < 4.78 is -0.530. The third-order valence-electron chi connectivity index (χ3n) is 1.93. The topological polar surface area (TPSA) is 32.3 Å². The van der Waals surface area contributed by atoms with Crippen LogP contribution in [0.15, 0.2) is 0 Å². The molecule has 0 spiro atoms. The summed E-state index contributed by atoms with van der Waals surface area (Å²) in [7, 11) is 0. The van der Waals surface area contributed by atoms with Crippen molar-refractivity contribution < 1.29 is 4.79 Å². The minimum atomic E-state index is -0.530. The largest absolute Gasteiger partial charge is 0.339 e. The molecule has 0 aromatic carbocycles. The summed E-state index contributed by atoms with van der Waals surface area (Å²) in [5.41, 5.74) is 0. The molecule has 0 radical (unpaired) electrons. The molecule has 0 bridgehead atoms. The molecule has 0 atom stereocenters. The van der Waals surface area contributed by atoms with Gasteiger partial charge in [0.2, 0.25) is 5.91 Å². The third kappa shape index (κ3) is 2.38. The minimum absolute atomic E-state index is 0.132. The molecule has 70 valence electrons. The van der Waals surface area contributed by atoms with Gasteiger partial charge in [0.05, 0.1) is 4.75 Å². The highest BCUT2D eigenvalue weighted by Crippen LogP contribution is 2.15. The van der Waals surface area contributed by atoms with Crippen LogP contribution in [0.3, 0.4) is 0 Å². The fourth-order valence-corrected chi connectivity index (χ4v) is 1.40. The Morgan fingerprint density at radius 2 is 1.92 bits per heavy atom. The lowest BCUT2D eigenvalue weighted by Crippen LogP contribution is -2.51. The van der Waals surface area contributed by atoms with Crippen molar-refractivity contribution in [2.75, 3.05) is 26.2 Å². The van der Waals surface area contributed by atoms with Gasteiger partial charge in [0.1, 0.15) is 0 Å². The van der Waals surface area contributed by atoms with Crippen molar-refractivity contribution in [3.63, 3.8) is 0 Å². The van der Waals surface area contributed by atoms with Gasteiger partial charge in [-0.1, -0.05) is 0 Å². The summed E-state index contributed by atoms with van der Waals surface area (Å²) in [4.78, 5) is 13.5. The molecule has 0 aromatic rings. The fraction of sp³-hybridized carbons (Fsp3) is 0.875. The van der Waals surface area contributed by atoms with Crippen molar-refractivity contribution in [1.29, 1.82) is 0 Å². The number of piperazine rings is 1. The Kier molecular flexibility index (Phi) is 3.01. The molecule has 0 aromatic heterocycles. The second-order valence-electron chi connectivity index (χ2n) is 3.60. The van der Waals surface area contributed by atoms with Crippen LogP contribution in [-0.2, 0) is 4.79 Å². The van der Waals surface area contributed by atoms with Crippen molar-refractivity contribution >= 4 is 18.5 Å². The number of carbonyl (C=O) groups excluding carboxylic acids is 1. The molecular weight excluding hydrogens is 172 g/mol. The highest BCUT2D eigenvalue weighted by Gasteiger charge is 2.28. The molecule has 1 saturated heterocycles. The Labute approximate surface area is 78.9 Å². The molecular formula is C8H16N2OS. The van der Waals surface area contributed by atoms with Crippen molar-refractivity contribution in [3.8, 4) is 0 Å². The first-order chi connectivity index (χ1) is 5.52. The number of nitrogens with one attached hydrogen (secondary N) is 1. The van der Waals surface area contributed by atoms with Crippen molar-refractivity contribution in [1.82, 2.24) is 10.2 Å². The van der Waals surface area contributed by atoms with E-state index in [-0.39, 0.29) is 5.91 Å². The zero-order valence-electron chi connectivity index (χ0n) is 7.63. The Balaban J connectivity index is 2.51. The number of thiol groups is 1. The van der Waals surface area contributed by atoms with E-state index in [9.17, 15) is 4.79 Å². The Morgan fingerprint density at radius 1 is 1.42 bits per heavy atom. The number of rotatable bonds is 1. The second kappa shape index (κ2) is 3.66. The number of hydrogen-bond acceptors (Lipinski definition) is 3. The standard InChI is InChI=1S/C8H16N2OS/c1-8(2,12)7(11)10-5-3-9-4-6-10/h9,12H,3-6H2,1-2H3. The zero-order chi connectivity index (χ0) is 9.19. The average Bonchev–Trinajstić information content (AvgIpc) is 2.03. The summed E-state index contributed by atoms with van der Waals surface area (Å²) >= 11 is 4.25. The maximum atomic E-state index is 11.6. The summed E-state index contributed by atoms with van der Waals surface area (Å²) in [6, 6.07) is 0. The molecule has 4 heteroatoms. The van der Waals surface area contributed by atoms with E-state index in [1.807, 2.05) is 18.7 Å². The molecule has 3 nitrogen and oxygen atoms in total. The molecule has 1 aliphatic heterocycles. The van der Waals surface area contributed by atoms with Gasteiger partial charge in [-0.3, -0.25) is 4.79 Å². The van der Waals surface area contributed by atoms with Crippen LogP contribution in [-0.4, -0.2) is 41.7 Å². The smallest absolute Gasteiger partial charge is 0.238 e. The predicted octanol–water partition coefficient (Wildman–Crippen LogP) is 0.127. The predicted molar refractivity (Wildman–Crippen MR) is 52.5 cm³/mol. The Bertz CT molecular complexity index is 170. The van der Waals surface area contributed by atoms with E-state index in [4.69, 9.17) is 0 Å². The summed E-state index contributed by atoms with van der Waals surface area (Å²) in [6.07, 6.45) is 0. The van der Waals surface area contributed by atoms with Crippen LogP contribution in [0.2, 0.25) is 0 Å². The molecule has 1 amide bonds. The molecule has 1 fully saturated rings. The van der Waals surface area contributed by atoms with Crippen LogP contribution in [0.4, 0.5) is 0 Å². The fourth-order valence-electron chi connectivity index (χ4n) is 1.25. The monoisotopic (exact) mass is 188 g/mol. The molecule has 1 N–H and O–H groups in total. The summed E-state index contributed by atoms with van der Waals surface area (Å²) in [5, 5.41) is 3.20. The Morgan fingerprint density at radius 3 is 2.33 bits per heavy atom. The summed E-state index contributed by atoms with van der Waals surface area (Å²) in [5.74, 6) is 0.132. The number of hydrogen-bond donors (Lipinski definition) is 2. The molecule has 12 heavy (non-hydrogen) atoms. The minimum Gasteiger partial charge on any atom is -0.339 e. The normalized spacial score (nSPS) is 19.4. The van der Waals surface area contributed by atoms with E-state index >= 15 is 0 Å². The van der Waals surface area contributed by atoms with Gasteiger partial charge < -0.3 is 10.2 Å². The zero-order valence-corrected chi connectivity index (χ0v) is 8.53. The molecule has 0 aliphatic carbocycles. The van der Waals surface area contributed by atoms with E-state index in [1.54, 1.807) is 0 Å². The Hall–Kier alpha value is -0.220. The molecule has 1 rings (SSSR count). The number of amides is 1. The number of carbonyl (C=O) groups is 1. The quantitative estimate of drug-likeness (QED) is 0.573. The lowest BCUT2D eigenvalue weighted by molar-refractivity contribution is -0.133. The van der Waals surface area contributed by atoms with Gasteiger partial charge in [0.15, 0.2) is 0 Å². The van der Waals surface area contributed by atoms with Gasteiger partial charge in [-0.25, -0.2) is 0 Å². The van der Waals surface area contributed by atoms with E-state index in [0.717, 1.165) is 26.2 Å². The first kappa shape index (κ1) is 9.86. The van der Waals surface area contributed by atoms with Gasteiger partial charge >= 0.3 is 0 Å². The first-order valence-electron chi connectivity index (χ1n) is 4.24. The van der Waals surface area contributed by atoms with Crippen LogP contribution in [0.1, 0.15) is 13.8 Å². The second-order valence-corrected chi connectivity index (χ2v) is 4.72. The van der Waals surface area contributed by atoms with Crippen molar-refractivity contribution in [2.45, 2.75) is 18.6 Å².